The molecule has 0 unspecified atom stereocenters. The van der Waals surface area contributed by atoms with Gasteiger partial charge in [0, 0.05) is 18.3 Å². The molecular formula is C18H20ClN3O5. The van der Waals surface area contributed by atoms with Crippen LogP contribution in [-0.2, 0) is 6.42 Å². The highest BCUT2D eigenvalue weighted by atomic mass is 35.5. The summed E-state index contributed by atoms with van der Waals surface area (Å²) in [5.74, 6) is 1.30. The van der Waals surface area contributed by atoms with E-state index in [2.05, 4.69) is 10.6 Å². The van der Waals surface area contributed by atoms with Gasteiger partial charge in [-0.3, -0.25) is 10.1 Å². The second kappa shape index (κ2) is 9.63. The van der Waals surface area contributed by atoms with E-state index in [4.69, 9.17) is 21.1 Å². The van der Waals surface area contributed by atoms with Gasteiger partial charge in [-0.2, -0.15) is 0 Å². The van der Waals surface area contributed by atoms with E-state index in [0.29, 0.717) is 31.1 Å². The largest absolute Gasteiger partial charge is 0.493 e. The van der Waals surface area contributed by atoms with E-state index in [1.165, 1.54) is 18.2 Å². The Balaban J connectivity index is 1.89. The first-order chi connectivity index (χ1) is 12.9. The van der Waals surface area contributed by atoms with Crippen LogP contribution in [0.4, 0.5) is 16.2 Å². The highest BCUT2D eigenvalue weighted by Crippen LogP contribution is 2.28. The van der Waals surface area contributed by atoms with Crippen LogP contribution < -0.4 is 20.1 Å². The summed E-state index contributed by atoms with van der Waals surface area (Å²) < 4.78 is 10.8. The van der Waals surface area contributed by atoms with Gasteiger partial charge < -0.3 is 20.1 Å². The number of nitrogens with one attached hydrogen (secondary N) is 2. The predicted octanol–water partition coefficient (Wildman–Crippen LogP) is 4.02. The average molecular weight is 394 g/mol. The number of ether oxygens (including phenoxy) is 2. The molecule has 2 amide bonds. The molecule has 144 valence electrons. The van der Waals surface area contributed by atoms with Crippen molar-refractivity contribution in [1.82, 2.24) is 5.32 Å². The van der Waals surface area contributed by atoms with Crippen molar-refractivity contribution in [3.63, 3.8) is 0 Å². The van der Waals surface area contributed by atoms with Gasteiger partial charge in [0.1, 0.15) is 5.02 Å². The zero-order valence-corrected chi connectivity index (χ0v) is 15.7. The number of halogens is 1. The number of urea groups is 1. The van der Waals surface area contributed by atoms with Crippen LogP contribution in [0.5, 0.6) is 11.5 Å². The zero-order chi connectivity index (χ0) is 19.8. The molecule has 0 aromatic heterocycles. The maximum absolute atomic E-state index is 12.0. The highest BCUT2D eigenvalue weighted by Gasteiger charge is 2.14. The summed E-state index contributed by atoms with van der Waals surface area (Å²) in [6, 6.07) is 9.17. The predicted molar refractivity (Wildman–Crippen MR) is 103 cm³/mol. The second-order valence-electron chi connectivity index (χ2n) is 5.47. The Bertz CT molecular complexity index is 829. The van der Waals surface area contributed by atoms with Crippen molar-refractivity contribution in [3.8, 4) is 11.5 Å². The standard InChI is InChI=1S/C18H20ClN3O5/c1-3-27-16-7-4-12(10-17(16)26-2)8-9-20-18(23)21-13-5-6-14(19)15(11-13)22(24)25/h4-7,10-11H,3,8-9H2,1-2H3,(H2,20,21,23). The molecule has 0 aliphatic heterocycles. The number of carbonyl (C=O) groups excluding carboxylic acids is 1. The lowest BCUT2D eigenvalue weighted by atomic mass is 10.1. The summed E-state index contributed by atoms with van der Waals surface area (Å²) in [6.07, 6.45) is 0.580. The number of hydrogen-bond donors (Lipinski definition) is 2. The van der Waals surface area contributed by atoms with E-state index >= 15 is 0 Å². The van der Waals surface area contributed by atoms with E-state index in [-0.39, 0.29) is 16.4 Å². The highest BCUT2D eigenvalue weighted by molar-refractivity contribution is 6.32. The van der Waals surface area contributed by atoms with Crippen molar-refractivity contribution in [1.29, 1.82) is 0 Å². The van der Waals surface area contributed by atoms with Crippen molar-refractivity contribution >= 4 is 29.0 Å². The smallest absolute Gasteiger partial charge is 0.319 e. The Morgan fingerprint density at radius 2 is 2.00 bits per heavy atom. The van der Waals surface area contributed by atoms with E-state index in [1.807, 2.05) is 25.1 Å². The van der Waals surface area contributed by atoms with Gasteiger partial charge in [-0.15, -0.1) is 0 Å². The van der Waals surface area contributed by atoms with Crippen molar-refractivity contribution in [2.75, 3.05) is 25.6 Å². The fraction of sp³-hybridized carbons (Fsp3) is 0.278. The molecule has 0 saturated heterocycles. The number of carbonyl (C=O) groups is 1. The van der Waals surface area contributed by atoms with Gasteiger partial charge in [-0.05, 0) is 43.2 Å². The van der Waals surface area contributed by atoms with Crippen LogP contribution in [0, 0.1) is 10.1 Å². The molecule has 2 rings (SSSR count). The fourth-order valence-corrected chi connectivity index (χ4v) is 2.55. The SMILES string of the molecule is CCOc1ccc(CCNC(=O)Nc2ccc(Cl)c([N+](=O)[O-])c2)cc1OC. The first-order valence-corrected chi connectivity index (χ1v) is 8.61. The third kappa shape index (κ3) is 5.75. The van der Waals surface area contributed by atoms with Crippen LogP contribution in [-0.4, -0.2) is 31.2 Å². The lowest BCUT2D eigenvalue weighted by Crippen LogP contribution is -2.30. The number of hydrogen-bond acceptors (Lipinski definition) is 5. The van der Waals surface area contributed by atoms with E-state index in [0.717, 1.165) is 5.56 Å². The van der Waals surface area contributed by atoms with Crippen molar-refractivity contribution in [3.05, 3.63) is 57.1 Å². The quantitative estimate of drug-likeness (QED) is 0.520. The van der Waals surface area contributed by atoms with Gasteiger partial charge >= 0.3 is 6.03 Å². The molecule has 0 heterocycles. The average Bonchev–Trinajstić information content (AvgIpc) is 2.64. The molecule has 9 heteroatoms. The number of anilines is 1. The van der Waals surface area contributed by atoms with Crippen molar-refractivity contribution in [2.24, 2.45) is 0 Å². The number of nitrogens with zero attached hydrogens (tertiary/aromatic N) is 1. The normalized spacial score (nSPS) is 10.2. The molecule has 0 atom stereocenters. The first-order valence-electron chi connectivity index (χ1n) is 8.23. The Hall–Kier alpha value is -3.00. The first kappa shape index (κ1) is 20.3. The Morgan fingerprint density at radius 1 is 1.22 bits per heavy atom. The molecule has 0 fully saturated rings. The Kier molecular flexibility index (Phi) is 7.25. The third-order valence-electron chi connectivity index (χ3n) is 3.63. The summed E-state index contributed by atoms with van der Waals surface area (Å²) in [7, 11) is 1.57. The number of nitro groups is 1. The minimum Gasteiger partial charge on any atom is -0.493 e. The maximum atomic E-state index is 12.0. The third-order valence-corrected chi connectivity index (χ3v) is 3.95. The topological polar surface area (TPSA) is 103 Å². The van der Waals surface area contributed by atoms with Crippen molar-refractivity contribution < 1.29 is 19.2 Å². The van der Waals surface area contributed by atoms with Crippen LogP contribution >= 0.6 is 11.6 Å². The van der Waals surface area contributed by atoms with E-state index < -0.39 is 11.0 Å². The second-order valence-corrected chi connectivity index (χ2v) is 5.88. The fourth-order valence-electron chi connectivity index (χ4n) is 2.37. The van der Waals surface area contributed by atoms with Gasteiger partial charge in [0.25, 0.3) is 5.69 Å². The molecule has 8 nitrogen and oxygen atoms in total. The molecule has 2 N–H and O–H groups in total. The number of amides is 2. The van der Waals surface area contributed by atoms with E-state index in [1.54, 1.807) is 7.11 Å². The summed E-state index contributed by atoms with van der Waals surface area (Å²) in [5.41, 5.74) is 0.986. The summed E-state index contributed by atoms with van der Waals surface area (Å²) >= 11 is 5.75. The summed E-state index contributed by atoms with van der Waals surface area (Å²) in [6.45, 7) is 2.81. The minimum absolute atomic E-state index is 0.00963. The van der Waals surface area contributed by atoms with E-state index in [9.17, 15) is 14.9 Å². The summed E-state index contributed by atoms with van der Waals surface area (Å²) in [4.78, 5) is 22.2. The van der Waals surface area contributed by atoms with Gasteiger partial charge in [-0.1, -0.05) is 17.7 Å². The zero-order valence-electron chi connectivity index (χ0n) is 15.0. The Labute approximate surface area is 161 Å². The van der Waals surface area contributed by atoms with Crippen LogP contribution in [0.2, 0.25) is 5.02 Å². The number of benzene rings is 2. The molecule has 0 saturated carbocycles. The maximum Gasteiger partial charge on any atom is 0.319 e. The molecule has 0 spiro atoms. The molecule has 0 bridgehead atoms. The molecule has 0 aliphatic carbocycles. The lowest BCUT2D eigenvalue weighted by Gasteiger charge is -2.11. The molecule has 0 aliphatic rings. The van der Waals surface area contributed by atoms with Crippen LogP contribution in [0.15, 0.2) is 36.4 Å². The monoisotopic (exact) mass is 393 g/mol. The van der Waals surface area contributed by atoms with Crippen LogP contribution in [0.3, 0.4) is 0 Å². The molecule has 2 aromatic carbocycles. The number of methoxy groups -OCH3 is 1. The molecule has 0 radical (unpaired) electrons. The molecule has 2 aromatic rings. The summed E-state index contributed by atoms with van der Waals surface area (Å²) in [5, 5.41) is 16.1. The number of nitro benzene ring substituents is 1. The van der Waals surface area contributed by atoms with Gasteiger partial charge in [-0.25, -0.2) is 4.79 Å². The van der Waals surface area contributed by atoms with Crippen molar-refractivity contribution in [2.45, 2.75) is 13.3 Å². The minimum atomic E-state index is -0.606. The molecular weight excluding hydrogens is 374 g/mol. The number of rotatable bonds is 8. The van der Waals surface area contributed by atoms with Crippen LogP contribution in [0.1, 0.15) is 12.5 Å². The lowest BCUT2D eigenvalue weighted by molar-refractivity contribution is -0.384. The van der Waals surface area contributed by atoms with Gasteiger partial charge in [0.2, 0.25) is 0 Å². The Morgan fingerprint density at radius 3 is 2.67 bits per heavy atom. The van der Waals surface area contributed by atoms with Crippen LogP contribution in [0.25, 0.3) is 0 Å². The van der Waals surface area contributed by atoms with Gasteiger partial charge in [0.15, 0.2) is 11.5 Å². The molecule has 27 heavy (non-hydrogen) atoms. The van der Waals surface area contributed by atoms with Gasteiger partial charge in [0.05, 0.1) is 18.6 Å².